The van der Waals surface area contributed by atoms with Crippen LogP contribution in [-0.2, 0) is 0 Å². The Kier molecular flexibility index (Phi) is 3.90. The highest BCUT2D eigenvalue weighted by atomic mass is 79.9. The normalized spacial score (nSPS) is 14.3. The molecule has 2 aromatic carbocycles. The molecule has 3 nitrogen and oxygen atoms in total. The van der Waals surface area contributed by atoms with E-state index in [2.05, 4.69) is 31.9 Å². The maximum Gasteiger partial charge on any atom is 0.231 e. The molecule has 1 N–H and O–H groups in total. The fourth-order valence-electron chi connectivity index (χ4n) is 2.11. The minimum absolute atomic E-state index is 0.0626. The van der Waals surface area contributed by atoms with Gasteiger partial charge in [-0.1, -0.05) is 0 Å². The molecular formula is C14H8Br2F2O3. The molecule has 110 valence electrons. The number of hydrogen-bond donors (Lipinski definition) is 1. The second-order valence-corrected chi connectivity index (χ2v) is 6.10. The van der Waals surface area contributed by atoms with Gasteiger partial charge >= 0.3 is 0 Å². The van der Waals surface area contributed by atoms with Crippen LogP contribution in [0.15, 0.2) is 33.2 Å². The lowest BCUT2D eigenvalue weighted by atomic mass is 10.00. The SMILES string of the molecule is OC(c1cc(Br)c2c(c1)OCO2)c1c(F)ccc(Br)c1F. The van der Waals surface area contributed by atoms with E-state index in [0.717, 1.165) is 6.07 Å². The summed E-state index contributed by atoms with van der Waals surface area (Å²) in [6, 6.07) is 5.37. The number of rotatable bonds is 2. The number of benzene rings is 2. The zero-order valence-corrected chi connectivity index (χ0v) is 13.5. The number of ether oxygens (including phenoxy) is 2. The van der Waals surface area contributed by atoms with Gasteiger partial charge in [-0.25, -0.2) is 8.78 Å². The summed E-state index contributed by atoms with van der Waals surface area (Å²) in [5, 5.41) is 10.3. The second kappa shape index (κ2) is 5.55. The summed E-state index contributed by atoms with van der Waals surface area (Å²) in [6.07, 6.45) is -1.46. The van der Waals surface area contributed by atoms with Gasteiger partial charge in [-0.2, -0.15) is 0 Å². The van der Waals surface area contributed by atoms with Crippen molar-refractivity contribution in [3.05, 3.63) is 56.0 Å². The largest absolute Gasteiger partial charge is 0.454 e. The molecule has 0 aliphatic carbocycles. The van der Waals surface area contributed by atoms with Crippen LogP contribution in [0.25, 0.3) is 0 Å². The molecule has 1 atom stereocenters. The van der Waals surface area contributed by atoms with E-state index in [1.807, 2.05) is 0 Å². The summed E-state index contributed by atoms with van der Waals surface area (Å²) in [5.74, 6) is -0.747. The second-order valence-electron chi connectivity index (χ2n) is 4.40. The Morgan fingerprint density at radius 2 is 1.86 bits per heavy atom. The van der Waals surface area contributed by atoms with E-state index in [9.17, 15) is 13.9 Å². The van der Waals surface area contributed by atoms with Crippen LogP contribution in [0.4, 0.5) is 8.78 Å². The van der Waals surface area contributed by atoms with Crippen molar-refractivity contribution >= 4 is 31.9 Å². The summed E-state index contributed by atoms with van der Waals surface area (Å²) < 4.78 is 39.0. The molecule has 0 saturated carbocycles. The smallest absolute Gasteiger partial charge is 0.231 e. The average Bonchev–Trinajstić information content (AvgIpc) is 2.92. The van der Waals surface area contributed by atoms with E-state index in [4.69, 9.17) is 9.47 Å². The van der Waals surface area contributed by atoms with Crippen LogP contribution >= 0.6 is 31.9 Å². The third-order valence-electron chi connectivity index (χ3n) is 3.12. The van der Waals surface area contributed by atoms with Gasteiger partial charge in [0.1, 0.15) is 17.7 Å². The molecule has 2 aromatic rings. The molecule has 1 heterocycles. The summed E-state index contributed by atoms with van der Waals surface area (Å²) >= 11 is 6.26. The van der Waals surface area contributed by atoms with Gasteiger partial charge in [0, 0.05) is 0 Å². The Morgan fingerprint density at radius 1 is 1.10 bits per heavy atom. The minimum Gasteiger partial charge on any atom is -0.454 e. The van der Waals surface area contributed by atoms with Gasteiger partial charge in [0.2, 0.25) is 6.79 Å². The highest BCUT2D eigenvalue weighted by molar-refractivity contribution is 9.10. The van der Waals surface area contributed by atoms with Crippen LogP contribution in [0.2, 0.25) is 0 Å². The molecule has 1 aliphatic rings. The van der Waals surface area contributed by atoms with Crippen molar-refractivity contribution in [1.29, 1.82) is 0 Å². The third-order valence-corrected chi connectivity index (χ3v) is 4.32. The lowest BCUT2D eigenvalue weighted by Crippen LogP contribution is -2.06. The Balaban J connectivity index is 2.10. The number of hydrogen-bond acceptors (Lipinski definition) is 3. The molecule has 0 spiro atoms. The Hall–Kier alpha value is -1.18. The van der Waals surface area contributed by atoms with E-state index in [1.165, 1.54) is 18.2 Å². The quantitative estimate of drug-likeness (QED) is 0.734. The van der Waals surface area contributed by atoms with Crippen LogP contribution in [0, 0.1) is 11.6 Å². The molecule has 0 fully saturated rings. The molecule has 0 saturated heterocycles. The van der Waals surface area contributed by atoms with Crippen molar-refractivity contribution in [1.82, 2.24) is 0 Å². The summed E-state index contributed by atoms with van der Waals surface area (Å²) in [5.41, 5.74) is -0.128. The van der Waals surface area contributed by atoms with E-state index < -0.39 is 23.3 Å². The first-order valence-corrected chi connectivity index (χ1v) is 7.48. The first-order valence-electron chi connectivity index (χ1n) is 5.89. The van der Waals surface area contributed by atoms with E-state index in [1.54, 1.807) is 0 Å². The first-order chi connectivity index (χ1) is 9.99. The summed E-state index contributed by atoms with van der Waals surface area (Å²) in [7, 11) is 0. The van der Waals surface area contributed by atoms with Crippen molar-refractivity contribution in [2.45, 2.75) is 6.10 Å². The van der Waals surface area contributed by atoms with Crippen molar-refractivity contribution in [3.63, 3.8) is 0 Å². The van der Waals surface area contributed by atoms with Gasteiger partial charge in [-0.05, 0) is 61.7 Å². The highest BCUT2D eigenvalue weighted by Gasteiger charge is 2.25. The zero-order chi connectivity index (χ0) is 15.1. The van der Waals surface area contributed by atoms with E-state index >= 15 is 0 Å². The van der Waals surface area contributed by atoms with E-state index in [-0.39, 0.29) is 11.3 Å². The third kappa shape index (κ3) is 2.54. The van der Waals surface area contributed by atoms with Crippen LogP contribution in [0.5, 0.6) is 11.5 Å². The standard InChI is InChI=1S/C14H8Br2F2O3/c15-7-1-2-9(17)11(12(7)18)13(19)6-3-8(16)14-10(4-6)20-5-21-14/h1-4,13,19H,5H2. The molecule has 1 aliphatic heterocycles. The number of halogens is 4. The lowest BCUT2D eigenvalue weighted by Gasteiger charge is -2.15. The van der Waals surface area contributed by atoms with Gasteiger partial charge in [-0.15, -0.1) is 0 Å². The van der Waals surface area contributed by atoms with Gasteiger partial charge in [0.05, 0.1) is 14.5 Å². The fraction of sp³-hybridized carbons (Fsp3) is 0.143. The Morgan fingerprint density at radius 3 is 2.62 bits per heavy atom. The van der Waals surface area contributed by atoms with Crippen molar-refractivity contribution in [2.75, 3.05) is 6.79 Å². The van der Waals surface area contributed by atoms with Gasteiger partial charge in [-0.3, -0.25) is 0 Å². The van der Waals surface area contributed by atoms with Crippen LogP contribution in [0.3, 0.4) is 0 Å². The van der Waals surface area contributed by atoms with Gasteiger partial charge in [0.25, 0.3) is 0 Å². The molecule has 1 unspecified atom stereocenters. The molecule has 21 heavy (non-hydrogen) atoms. The van der Waals surface area contributed by atoms with Crippen molar-refractivity contribution < 1.29 is 23.4 Å². The van der Waals surface area contributed by atoms with Crippen molar-refractivity contribution in [2.24, 2.45) is 0 Å². The van der Waals surface area contributed by atoms with Gasteiger partial charge in [0.15, 0.2) is 11.5 Å². The van der Waals surface area contributed by atoms with Crippen LogP contribution in [-0.4, -0.2) is 11.9 Å². The number of aliphatic hydroxyl groups is 1. The summed E-state index contributed by atoms with van der Waals surface area (Å²) in [4.78, 5) is 0. The molecular weight excluding hydrogens is 414 g/mol. The predicted molar refractivity (Wildman–Crippen MR) is 78.4 cm³/mol. The molecule has 0 aromatic heterocycles. The molecule has 3 rings (SSSR count). The van der Waals surface area contributed by atoms with Gasteiger partial charge < -0.3 is 14.6 Å². The topological polar surface area (TPSA) is 38.7 Å². The highest BCUT2D eigenvalue weighted by Crippen LogP contribution is 2.42. The molecule has 0 bridgehead atoms. The number of fused-ring (bicyclic) bond motifs is 1. The minimum atomic E-state index is -1.46. The zero-order valence-electron chi connectivity index (χ0n) is 10.4. The molecule has 7 heteroatoms. The Labute approximate surface area is 135 Å². The Bertz CT molecular complexity index is 722. The maximum atomic E-state index is 14.1. The fourth-order valence-corrected chi connectivity index (χ4v) is 3.03. The summed E-state index contributed by atoms with van der Waals surface area (Å²) in [6.45, 7) is 0.0626. The average molecular weight is 422 g/mol. The first kappa shape index (κ1) is 14.7. The van der Waals surface area contributed by atoms with E-state index in [0.29, 0.717) is 21.5 Å². The molecule has 0 radical (unpaired) electrons. The maximum absolute atomic E-state index is 14.1. The van der Waals surface area contributed by atoms with Crippen molar-refractivity contribution in [3.8, 4) is 11.5 Å². The monoisotopic (exact) mass is 420 g/mol. The number of aliphatic hydroxyl groups excluding tert-OH is 1. The molecule has 0 amide bonds. The van der Waals surface area contributed by atoms with Crippen LogP contribution in [0.1, 0.15) is 17.2 Å². The van der Waals surface area contributed by atoms with Crippen LogP contribution < -0.4 is 9.47 Å². The predicted octanol–water partition coefficient (Wildman–Crippen LogP) is 4.30. The lowest BCUT2D eigenvalue weighted by molar-refractivity contribution is 0.173.